The largest absolute Gasteiger partial charge is 0.255 e. The molecule has 0 spiro atoms. The number of alkyl halides is 1. The fourth-order valence-electron chi connectivity index (χ4n) is 0. The Hall–Kier alpha value is -0.610. The molecule has 0 atom stereocenters. The lowest BCUT2D eigenvalue weighted by Gasteiger charge is -1.46. The van der Waals surface area contributed by atoms with Crippen LogP contribution in [0.5, 0.6) is 0 Å². The molecule has 0 bridgehead atoms. The maximum absolute atomic E-state index is 9.50. The van der Waals surface area contributed by atoms with E-state index in [0.29, 0.717) is 7.18 Å². The maximum Gasteiger partial charge on any atom is 0.0785 e. The predicted molar refractivity (Wildman–Crippen MR) is 23.1 cm³/mol. The summed E-state index contributed by atoms with van der Waals surface area (Å²) in [6.07, 6.45) is 0. The van der Waals surface area contributed by atoms with Gasteiger partial charge in [-0.3, -0.25) is 4.39 Å². The van der Waals surface area contributed by atoms with Crippen LogP contribution in [0.3, 0.4) is 0 Å². The van der Waals surface area contributed by atoms with Crippen LogP contribution < -0.4 is 17.3 Å². The summed E-state index contributed by atoms with van der Waals surface area (Å²) >= 11 is 0. The van der Waals surface area contributed by atoms with Crippen molar-refractivity contribution in [3.05, 3.63) is 0 Å². The standard InChI is InChI=1S/CH3F.3F2HN/c1-2;3*1-3-2/h1H3;3*3H. The second kappa shape index (κ2) is 116. The second-order valence-electron chi connectivity index (χ2n) is 0.214. The van der Waals surface area contributed by atoms with E-state index in [1.165, 1.54) is 0 Å². The van der Waals surface area contributed by atoms with Gasteiger partial charge in [0.1, 0.15) is 0 Å². The highest BCUT2D eigenvalue weighted by Crippen LogP contribution is 1.38. The fourth-order valence-corrected chi connectivity index (χ4v) is 0. The average Bonchev–Trinajstić information content (AvgIpc) is 1.96. The van der Waals surface area contributed by atoms with E-state index < -0.39 is 0 Å². The van der Waals surface area contributed by atoms with E-state index in [1.807, 2.05) is 0 Å². The molecular weight excluding hydrogens is 187 g/mol. The molecular formula is CH6F7N3. The first-order chi connectivity index (χ1) is 5.24. The van der Waals surface area contributed by atoms with Gasteiger partial charge in [-0.05, 0) is 0 Å². The van der Waals surface area contributed by atoms with E-state index in [1.54, 1.807) is 0 Å². The number of rotatable bonds is 0. The first kappa shape index (κ1) is 22.4. The van der Waals surface area contributed by atoms with Crippen molar-refractivity contribution in [3.63, 3.8) is 0 Å². The Labute approximate surface area is 57.2 Å². The van der Waals surface area contributed by atoms with Crippen molar-refractivity contribution in [1.82, 2.24) is 17.3 Å². The van der Waals surface area contributed by atoms with E-state index >= 15 is 0 Å². The monoisotopic (exact) mass is 193 g/mol. The van der Waals surface area contributed by atoms with Crippen molar-refractivity contribution in [2.75, 3.05) is 7.18 Å². The highest BCUT2D eigenvalue weighted by molar-refractivity contribution is 3.23. The van der Waals surface area contributed by atoms with Crippen molar-refractivity contribution >= 4 is 0 Å². The Morgan fingerprint density at radius 1 is 0.545 bits per heavy atom. The van der Waals surface area contributed by atoms with E-state index in [-0.39, 0.29) is 17.3 Å². The van der Waals surface area contributed by atoms with Gasteiger partial charge in [-0.1, -0.05) is 0 Å². The van der Waals surface area contributed by atoms with Gasteiger partial charge in [0.25, 0.3) is 0 Å². The second-order valence-corrected chi connectivity index (χ2v) is 0.214. The van der Waals surface area contributed by atoms with Crippen molar-refractivity contribution in [3.8, 4) is 0 Å². The molecule has 0 saturated heterocycles. The molecule has 0 heterocycles. The van der Waals surface area contributed by atoms with Crippen molar-refractivity contribution < 1.29 is 31.3 Å². The van der Waals surface area contributed by atoms with Crippen LogP contribution in [0.4, 0.5) is 31.3 Å². The van der Waals surface area contributed by atoms with Crippen molar-refractivity contribution in [2.24, 2.45) is 0 Å². The molecule has 0 aromatic rings. The molecule has 0 aliphatic rings. The molecule has 0 fully saturated rings. The quantitative estimate of drug-likeness (QED) is 0.404. The Bertz CT molecular complexity index is 18.4. The summed E-state index contributed by atoms with van der Waals surface area (Å²) in [7, 11) is 0.500. The molecule has 0 aromatic heterocycles. The third kappa shape index (κ3) is 1380. The van der Waals surface area contributed by atoms with Gasteiger partial charge in [0.05, 0.1) is 7.18 Å². The molecule has 10 heteroatoms. The van der Waals surface area contributed by atoms with Crippen LogP contribution in [0.25, 0.3) is 0 Å². The maximum atomic E-state index is 9.50. The lowest BCUT2D eigenvalue weighted by molar-refractivity contribution is 0.130. The summed E-state index contributed by atoms with van der Waals surface area (Å²) < 4.78 is 65.8. The van der Waals surface area contributed by atoms with Crippen LogP contribution in [0, 0.1) is 0 Å². The average molecular weight is 193 g/mol. The van der Waals surface area contributed by atoms with Gasteiger partial charge in [-0.2, -0.15) is 0 Å². The third-order valence-electron chi connectivity index (χ3n) is 0. The minimum Gasteiger partial charge on any atom is -0.255 e. The molecule has 3 nitrogen and oxygen atoms in total. The Morgan fingerprint density at radius 2 is 0.545 bits per heavy atom. The molecule has 0 aliphatic heterocycles. The fraction of sp³-hybridized carbons (Fsp3) is 1.00. The SMILES string of the molecule is CF.FNF.FNF.FNF. The molecule has 3 N–H and O–H groups in total. The molecule has 0 rings (SSSR count). The molecule has 0 aliphatic carbocycles. The Morgan fingerprint density at radius 3 is 0.545 bits per heavy atom. The first-order valence-electron chi connectivity index (χ1n) is 1.51. The number of hydrogen-bond acceptors (Lipinski definition) is 3. The zero-order valence-corrected chi connectivity index (χ0v) is 5.15. The Balaban J connectivity index is -0.0000000301. The summed E-state index contributed by atoms with van der Waals surface area (Å²) in [4.78, 5) is 0. The zero-order valence-electron chi connectivity index (χ0n) is 5.15. The van der Waals surface area contributed by atoms with Gasteiger partial charge in [-0.15, -0.1) is 26.9 Å². The molecule has 0 saturated carbocycles. The van der Waals surface area contributed by atoms with E-state index in [2.05, 4.69) is 0 Å². The topological polar surface area (TPSA) is 36.1 Å². The Kier molecular flexibility index (Phi) is 236. The van der Waals surface area contributed by atoms with E-state index in [0.717, 1.165) is 0 Å². The zero-order chi connectivity index (χ0) is 10.1. The van der Waals surface area contributed by atoms with Crippen LogP contribution >= 0.6 is 0 Å². The molecule has 0 radical (unpaired) electrons. The van der Waals surface area contributed by atoms with Crippen LogP contribution in [-0.2, 0) is 0 Å². The predicted octanol–water partition coefficient (Wildman–Crippen LogP) is 1.62. The van der Waals surface area contributed by atoms with E-state index in [4.69, 9.17) is 0 Å². The smallest absolute Gasteiger partial charge is 0.0785 e. The van der Waals surface area contributed by atoms with Crippen LogP contribution in [0.2, 0.25) is 0 Å². The lowest BCUT2D eigenvalue weighted by atomic mass is 11.9. The molecule has 0 aromatic carbocycles. The third-order valence-corrected chi connectivity index (χ3v) is 0. The normalized spacial score (nSPS) is 5.45. The van der Waals surface area contributed by atoms with E-state index in [9.17, 15) is 31.3 Å². The van der Waals surface area contributed by atoms with Gasteiger partial charge in [-0.25, -0.2) is 0 Å². The first-order valence-corrected chi connectivity index (χ1v) is 1.51. The van der Waals surface area contributed by atoms with Gasteiger partial charge in [0.2, 0.25) is 0 Å². The minimum absolute atomic E-state index is 0.250. The summed E-state index contributed by atoms with van der Waals surface area (Å²) in [5.74, 6) is -0.750. The van der Waals surface area contributed by atoms with Gasteiger partial charge in [0.15, 0.2) is 0 Å². The van der Waals surface area contributed by atoms with Gasteiger partial charge < -0.3 is 0 Å². The molecule has 0 amide bonds. The van der Waals surface area contributed by atoms with Gasteiger partial charge >= 0.3 is 0 Å². The minimum atomic E-state index is -0.250. The number of nitrogens with one attached hydrogen (secondary N) is 3. The van der Waals surface area contributed by atoms with Gasteiger partial charge in [0, 0.05) is 17.3 Å². The van der Waals surface area contributed by atoms with Crippen molar-refractivity contribution in [1.29, 1.82) is 0 Å². The summed E-state index contributed by atoms with van der Waals surface area (Å²) in [5.41, 5.74) is 0. The highest BCUT2D eigenvalue weighted by Gasteiger charge is 1.37. The van der Waals surface area contributed by atoms with Crippen LogP contribution in [0.15, 0.2) is 0 Å². The summed E-state index contributed by atoms with van der Waals surface area (Å²) in [6.45, 7) is 0. The summed E-state index contributed by atoms with van der Waals surface area (Å²) in [6, 6.07) is 0. The molecule has 74 valence electrons. The number of hydrogen-bond donors (Lipinski definition) is 3. The van der Waals surface area contributed by atoms with Crippen LogP contribution in [-0.4, -0.2) is 7.18 Å². The number of halogens is 7. The highest BCUT2D eigenvalue weighted by atomic mass is 19.4. The summed E-state index contributed by atoms with van der Waals surface area (Å²) in [5, 5.41) is 0. The molecule has 0 unspecified atom stereocenters. The van der Waals surface area contributed by atoms with Crippen molar-refractivity contribution in [2.45, 2.75) is 0 Å². The van der Waals surface area contributed by atoms with Crippen LogP contribution in [0.1, 0.15) is 0 Å². The lowest BCUT2D eigenvalue weighted by Crippen LogP contribution is -1.67. The molecule has 11 heavy (non-hydrogen) atoms.